The van der Waals surface area contributed by atoms with Gasteiger partial charge >= 0.3 is 0 Å². The normalized spacial score (nSPS) is 18.2. The first-order valence-electron chi connectivity index (χ1n) is 7.07. The van der Waals surface area contributed by atoms with Crippen LogP contribution in [0.3, 0.4) is 0 Å². The van der Waals surface area contributed by atoms with Crippen LogP contribution in [0.1, 0.15) is 37.7 Å². The van der Waals surface area contributed by atoms with Crippen LogP contribution in [0.4, 0.5) is 5.69 Å². The number of nitrogens with one attached hydrogen (secondary N) is 1. The number of hydrogen-bond acceptors (Lipinski definition) is 3. The Kier molecular flexibility index (Phi) is 5.96. The number of thiocarbonyl (C=S) groups is 1. The highest BCUT2D eigenvalue weighted by Crippen LogP contribution is 2.24. The lowest BCUT2D eigenvalue weighted by Gasteiger charge is -2.22. The average molecular weight is 327 g/mol. The van der Waals surface area contributed by atoms with Crippen LogP contribution in [-0.2, 0) is 9.53 Å². The number of benzene rings is 1. The van der Waals surface area contributed by atoms with E-state index in [0.29, 0.717) is 22.7 Å². The van der Waals surface area contributed by atoms with Crippen molar-refractivity contribution in [2.45, 2.75) is 38.2 Å². The van der Waals surface area contributed by atoms with Crippen LogP contribution in [0.2, 0.25) is 5.02 Å². The quantitative estimate of drug-likeness (QED) is 0.815. The lowest BCUT2D eigenvalue weighted by Crippen LogP contribution is -2.22. The van der Waals surface area contributed by atoms with Gasteiger partial charge in [0.2, 0.25) is 5.91 Å². The predicted molar refractivity (Wildman–Crippen MR) is 88.8 cm³/mol. The van der Waals surface area contributed by atoms with E-state index in [1.54, 1.807) is 18.2 Å². The molecule has 2 rings (SSSR count). The third-order valence-electron chi connectivity index (χ3n) is 3.49. The summed E-state index contributed by atoms with van der Waals surface area (Å²) in [5, 5.41) is 3.27. The molecule has 1 aliphatic heterocycles. The van der Waals surface area contributed by atoms with E-state index in [4.69, 9.17) is 34.3 Å². The second-order valence-electron chi connectivity index (χ2n) is 5.13. The van der Waals surface area contributed by atoms with E-state index >= 15 is 0 Å². The van der Waals surface area contributed by atoms with Crippen molar-refractivity contribution in [1.29, 1.82) is 0 Å². The van der Waals surface area contributed by atoms with Crippen molar-refractivity contribution in [3.05, 3.63) is 28.8 Å². The summed E-state index contributed by atoms with van der Waals surface area (Å²) in [7, 11) is 0. The zero-order valence-electron chi connectivity index (χ0n) is 11.7. The number of halogens is 1. The molecule has 1 heterocycles. The van der Waals surface area contributed by atoms with Gasteiger partial charge in [0.25, 0.3) is 0 Å². The summed E-state index contributed by atoms with van der Waals surface area (Å²) in [5.41, 5.74) is 6.80. The van der Waals surface area contributed by atoms with Gasteiger partial charge < -0.3 is 15.8 Å². The van der Waals surface area contributed by atoms with Crippen molar-refractivity contribution in [1.82, 2.24) is 0 Å². The van der Waals surface area contributed by atoms with Gasteiger partial charge in [-0.1, -0.05) is 29.9 Å². The fraction of sp³-hybridized carbons (Fsp3) is 0.467. The number of nitrogens with two attached hydrogens (primary N) is 1. The molecule has 1 saturated heterocycles. The number of anilines is 1. The number of ether oxygens (including phenoxy) is 1. The Morgan fingerprint density at radius 1 is 1.48 bits per heavy atom. The molecule has 0 spiro atoms. The topological polar surface area (TPSA) is 64.3 Å². The molecule has 0 radical (unpaired) electrons. The number of amides is 1. The maximum absolute atomic E-state index is 12.0. The van der Waals surface area contributed by atoms with Gasteiger partial charge in [-0.2, -0.15) is 0 Å². The SMILES string of the molecule is NC(=S)c1ccc(Cl)c(NC(=O)CCC2CCCCO2)c1. The summed E-state index contributed by atoms with van der Waals surface area (Å²) in [6, 6.07) is 5.10. The molecule has 0 aromatic heterocycles. The van der Waals surface area contributed by atoms with Crippen LogP contribution in [0, 0.1) is 0 Å². The molecular formula is C15H19ClN2O2S. The van der Waals surface area contributed by atoms with Gasteiger partial charge in [-0.05, 0) is 37.8 Å². The minimum atomic E-state index is -0.0776. The van der Waals surface area contributed by atoms with Gasteiger partial charge in [0.05, 0.1) is 16.8 Å². The van der Waals surface area contributed by atoms with Crippen LogP contribution in [-0.4, -0.2) is 23.6 Å². The maximum atomic E-state index is 12.0. The molecule has 114 valence electrons. The van der Waals surface area contributed by atoms with E-state index in [2.05, 4.69) is 5.32 Å². The number of carbonyl (C=O) groups is 1. The zero-order valence-corrected chi connectivity index (χ0v) is 13.3. The van der Waals surface area contributed by atoms with Gasteiger partial charge in [-0.3, -0.25) is 4.79 Å². The van der Waals surface area contributed by atoms with Crippen LogP contribution >= 0.6 is 23.8 Å². The molecule has 1 unspecified atom stereocenters. The highest BCUT2D eigenvalue weighted by atomic mass is 35.5. The predicted octanol–water partition coefficient (Wildman–Crippen LogP) is 3.26. The van der Waals surface area contributed by atoms with Crippen molar-refractivity contribution in [2.24, 2.45) is 5.73 Å². The van der Waals surface area contributed by atoms with Gasteiger partial charge in [-0.25, -0.2) is 0 Å². The number of carbonyl (C=O) groups excluding carboxylic acids is 1. The van der Waals surface area contributed by atoms with E-state index in [-0.39, 0.29) is 17.0 Å². The second kappa shape index (κ2) is 7.73. The summed E-state index contributed by atoms with van der Waals surface area (Å²) in [6.45, 7) is 0.800. The third kappa shape index (κ3) is 4.95. The van der Waals surface area contributed by atoms with E-state index in [9.17, 15) is 4.79 Å². The van der Waals surface area contributed by atoms with E-state index in [1.165, 1.54) is 6.42 Å². The summed E-state index contributed by atoms with van der Waals surface area (Å²) in [4.78, 5) is 12.3. The molecule has 0 saturated carbocycles. The molecule has 6 heteroatoms. The molecule has 0 aliphatic carbocycles. The summed E-state index contributed by atoms with van der Waals surface area (Å²) in [5.74, 6) is -0.0776. The summed E-state index contributed by atoms with van der Waals surface area (Å²) >= 11 is 11.0. The van der Waals surface area contributed by atoms with Gasteiger partial charge in [0, 0.05) is 18.6 Å². The van der Waals surface area contributed by atoms with Crippen molar-refractivity contribution in [3.63, 3.8) is 0 Å². The minimum absolute atomic E-state index is 0.0776. The van der Waals surface area contributed by atoms with Crippen LogP contribution in [0.5, 0.6) is 0 Å². The third-order valence-corrected chi connectivity index (χ3v) is 4.06. The highest BCUT2D eigenvalue weighted by molar-refractivity contribution is 7.80. The molecule has 1 fully saturated rings. The van der Waals surface area contributed by atoms with Crippen molar-refractivity contribution in [2.75, 3.05) is 11.9 Å². The lowest BCUT2D eigenvalue weighted by atomic mass is 10.0. The smallest absolute Gasteiger partial charge is 0.224 e. The molecule has 1 amide bonds. The Hall–Kier alpha value is -1.17. The van der Waals surface area contributed by atoms with Gasteiger partial charge in [0.15, 0.2) is 0 Å². The average Bonchev–Trinajstić information content (AvgIpc) is 2.48. The zero-order chi connectivity index (χ0) is 15.2. The standard InChI is InChI=1S/C15H19ClN2O2S/c16-12-6-4-10(15(17)21)9-13(12)18-14(19)7-5-11-3-1-2-8-20-11/h4,6,9,11H,1-3,5,7-8H2,(H2,17,21)(H,18,19). The molecule has 1 aliphatic rings. The Bertz CT molecular complexity index is 530. The fourth-order valence-electron chi connectivity index (χ4n) is 2.31. The first-order chi connectivity index (χ1) is 10.1. The van der Waals surface area contributed by atoms with Gasteiger partial charge in [-0.15, -0.1) is 0 Å². The first kappa shape index (κ1) is 16.2. The maximum Gasteiger partial charge on any atom is 0.224 e. The molecule has 1 atom stereocenters. The second-order valence-corrected chi connectivity index (χ2v) is 5.98. The summed E-state index contributed by atoms with van der Waals surface area (Å²) < 4.78 is 5.61. The molecular weight excluding hydrogens is 308 g/mol. The summed E-state index contributed by atoms with van der Waals surface area (Å²) in [6.07, 6.45) is 4.67. The first-order valence-corrected chi connectivity index (χ1v) is 7.85. The monoisotopic (exact) mass is 326 g/mol. The molecule has 1 aromatic carbocycles. The van der Waals surface area contributed by atoms with Crippen LogP contribution in [0.25, 0.3) is 0 Å². The Labute approximate surface area is 135 Å². The largest absolute Gasteiger partial charge is 0.389 e. The molecule has 21 heavy (non-hydrogen) atoms. The van der Waals surface area contributed by atoms with E-state index < -0.39 is 0 Å². The minimum Gasteiger partial charge on any atom is -0.389 e. The van der Waals surface area contributed by atoms with Crippen molar-refractivity contribution in [3.8, 4) is 0 Å². The highest BCUT2D eigenvalue weighted by Gasteiger charge is 2.16. The van der Waals surface area contributed by atoms with Gasteiger partial charge in [0.1, 0.15) is 4.99 Å². The van der Waals surface area contributed by atoms with E-state index in [1.807, 2.05) is 0 Å². The number of rotatable bonds is 5. The molecule has 4 nitrogen and oxygen atoms in total. The van der Waals surface area contributed by atoms with Crippen LogP contribution < -0.4 is 11.1 Å². The van der Waals surface area contributed by atoms with E-state index in [0.717, 1.165) is 25.9 Å². The molecule has 1 aromatic rings. The van der Waals surface area contributed by atoms with Crippen molar-refractivity contribution >= 4 is 40.4 Å². The lowest BCUT2D eigenvalue weighted by molar-refractivity contribution is -0.117. The fourth-order valence-corrected chi connectivity index (χ4v) is 2.61. The Balaban J connectivity index is 1.89. The Morgan fingerprint density at radius 2 is 2.29 bits per heavy atom. The molecule has 3 N–H and O–H groups in total. The Morgan fingerprint density at radius 3 is 2.95 bits per heavy atom. The molecule has 0 bridgehead atoms. The number of hydrogen-bond donors (Lipinski definition) is 2. The van der Waals surface area contributed by atoms with Crippen molar-refractivity contribution < 1.29 is 9.53 Å². The van der Waals surface area contributed by atoms with Crippen LogP contribution in [0.15, 0.2) is 18.2 Å².